The van der Waals surface area contributed by atoms with E-state index in [0.29, 0.717) is 12.0 Å². The molecule has 19 aliphatic carbocycles. The third-order valence-corrected chi connectivity index (χ3v) is 34.7. The van der Waals surface area contributed by atoms with Gasteiger partial charge < -0.3 is 5.11 Å². The van der Waals surface area contributed by atoms with E-state index in [0.717, 1.165) is 164 Å². The third kappa shape index (κ3) is 3.43. The lowest BCUT2D eigenvalue weighted by atomic mass is 9.16. The molecule has 0 radical (unpaired) electrons. The van der Waals surface area contributed by atoms with Crippen LogP contribution in [0.25, 0.3) is 0 Å². The molecule has 0 bridgehead atoms. The van der Waals surface area contributed by atoms with Crippen molar-refractivity contribution in [1.82, 2.24) is 0 Å². The molecule has 360 valence electrons. The van der Waals surface area contributed by atoms with Gasteiger partial charge in [0, 0.05) is 6.61 Å². The van der Waals surface area contributed by atoms with E-state index >= 15 is 0 Å². The van der Waals surface area contributed by atoms with Crippen LogP contribution in [0, 0.1) is 246 Å². The first kappa shape index (κ1) is 39.5. The van der Waals surface area contributed by atoms with Crippen LogP contribution in [0.4, 0.5) is 0 Å². The highest BCUT2D eigenvalue weighted by Crippen LogP contribution is 3.03. The maximum absolute atomic E-state index is 11.0. The molecule has 1 N–H and O–H groups in total. The molecule has 0 aromatic carbocycles. The van der Waals surface area contributed by atoms with E-state index in [1.54, 1.807) is 38.5 Å². The molecule has 19 rings (SSSR count). The number of hydrogen-bond acceptors (Lipinski definition) is 1. The predicted octanol–water partition coefficient (Wildman–Crippen LogP) is 13.8. The Morgan fingerprint density at radius 2 is 1.09 bits per heavy atom. The largest absolute Gasteiger partial charge is 0.396 e. The van der Waals surface area contributed by atoms with Gasteiger partial charge in [0.25, 0.3) is 0 Å². The second kappa shape index (κ2) is 11.2. The fourth-order valence-corrected chi connectivity index (χ4v) is 32.5. The first-order valence-electron chi connectivity index (χ1n) is 31.5. The van der Waals surface area contributed by atoms with E-state index in [1.165, 1.54) is 110 Å². The molecule has 19 saturated carbocycles. The van der Waals surface area contributed by atoms with E-state index in [-0.39, 0.29) is 5.41 Å². The molecule has 0 heterocycles. The molecule has 66 heavy (non-hydrogen) atoms. The summed E-state index contributed by atoms with van der Waals surface area (Å²) in [5, 5.41) is 11.0. The van der Waals surface area contributed by atoms with Crippen LogP contribution in [-0.2, 0) is 0 Å². The van der Waals surface area contributed by atoms with Gasteiger partial charge in [-0.1, -0.05) is 94.9 Å². The van der Waals surface area contributed by atoms with Gasteiger partial charge in [-0.3, -0.25) is 0 Å². The summed E-state index contributed by atoms with van der Waals surface area (Å²) in [6, 6.07) is 0. The van der Waals surface area contributed by atoms with Crippen molar-refractivity contribution >= 4 is 0 Å². The molecular formula is C65H94O. The standard InChI is InChI=1S/C65H94O/c1-11-29-24(4)41-42-25(5)40(49(42)44(29)41)36-20-61(9,23-66)37(36)15-14-18-63-56-53-51-46-33-17-16-32(33)45(46)50(51)52(53)54(56)59(63)60(63)62(10)28(8)43-57(62)58(43)65-22-39(65)34(27(65)7)19-35-31(13-3)47-48(35)55(47)64-21-38(64)30(12-2)26(64)6/h24-60,66H,11-23H2,1-10H3. The fourth-order valence-electron chi connectivity index (χ4n) is 32.5. The Hall–Kier alpha value is -0.0400. The van der Waals surface area contributed by atoms with Crippen LogP contribution in [-0.4, -0.2) is 11.7 Å². The smallest absolute Gasteiger partial charge is 0.0487 e. The number of hydrogen-bond donors (Lipinski definition) is 1. The highest BCUT2D eigenvalue weighted by atomic mass is 16.3. The summed E-state index contributed by atoms with van der Waals surface area (Å²) in [6.45, 7) is 27.3. The van der Waals surface area contributed by atoms with Gasteiger partial charge in [0.1, 0.15) is 0 Å². The summed E-state index contributed by atoms with van der Waals surface area (Å²) in [6.07, 6.45) is 18.5. The molecule has 0 saturated heterocycles. The SMILES string of the molecule is CCC1C(C)C2C3C(C)C(C4CC(C)(CO)C4CCCC45C6C7C8C9C%10CCC%10C9C8C7C6C4C5C4(C)C(C)C5C4C5C45CC4C(CC4C(CC)C6C4C6C46CC4C(CC)C6C)C5C)C3C12. The number of aliphatic hydroxyl groups is 1. The minimum absolute atomic E-state index is 0.205. The number of rotatable bonds is 14. The quantitative estimate of drug-likeness (QED) is 0.172. The zero-order chi connectivity index (χ0) is 44.1. The molecule has 19 fully saturated rings. The highest BCUT2D eigenvalue weighted by Gasteiger charge is 2.99. The van der Waals surface area contributed by atoms with E-state index in [9.17, 15) is 5.11 Å². The van der Waals surface area contributed by atoms with Gasteiger partial charge in [-0.05, 0) is 297 Å². The van der Waals surface area contributed by atoms with Gasteiger partial charge in [-0.2, -0.15) is 0 Å². The summed E-state index contributed by atoms with van der Waals surface area (Å²) in [4.78, 5) is 0. The molecule has 19 aliphatic rings. The molecule has 0 aliphatic heterocycles. The average molecular weight is 891 g/mol. The summed E-state index contributed by atoms with van der Waals surface area (Å²) < 4.78 is 0. The molecule has 1 heteroatoms. The Morgan fingerprint density at radius 3 is 1.76 bits per heavy atom. The van der Waals surface area contributed by atoms with Crippen LogP contribution in [0.15, 0.2) is 0 Å². The van der Waals surface area contributed by atoms with E-state index in [1.807, 2.05) is 0 Å². The number of aliphatic hydroxyl groups excluding tert-OH is 1. The lowest BCUT2D eigenvalue weighted by Gasteiger charge is -2.89. The fraction of sp³-hybridized carbons (Fsp3) is 1.00. The van der Waals surface area contributed by atoms with Crippen molar-refractivity contribution in [3.05, 3.63) is 0 Å². The van der Waals surface area contributed by atoms with Crippen LogP contribution in [0.5, 0.6) is 0 Å². The zero-order valence-corrected chi connectivity index (χ0v) is 43.5. The lowest BCUT2D eigenvalue weighted by molar-refractivity contribution is -0.420. The van der Waals surface area contributed by atoms with Crippen LogP contribution < -0.4 is 0 Å². The summed E-state index contributed by atoms with van der Waals surface area (Å²) in [7, 11) is 0. The lowest BCUT2D eigenvalue weighted by Crippen LogP contribution is -2.85. The van der Waals surface area contributed by atoms with Crippen molar-refractivity contribution in [3.63, 3.8) is 0 Å². The van der Waals surface area contributed by atoms with Crippen molar-refractivity contribution in [2.24, 2.45) is 246 Å². The molecule has 0 spiro atoms. The third-order valence-electron chi connectivity index (χ3n) is 34.7. The Balaban J connectivity index is 0.570. The van der Waals surface area contributed by atoms with Crippen molar-refractivity contribution in [1.29, 1.82) is 0 Å². The van der Waals surface area contributed by atoms with E-state index < -0.39 is 0 Å². The highest BCUT2D eigenvalue weighted by molar-refractivity contribution is 5.46. The first-order valence-corrected chi connectivity index (χ1v) is 31.5. The van der Waals surface area contributed by atoms with Crippen LogP contribution in [0.3, 0.4) is 0 Å². The molecule has 0 amide bonds. The maximum atomic E-state index is 11.0. The molecular weight excluding hydrogens is 797 g/mol. The van der Waals surface area contributed by atoms with Gasteiger partial charge in [0.2, 0.25) is 0 Å². The monoisotopic (exact) mass is 891 g/mol. The topological polar surface area (TPSA) is 20.2 Å². The number of fused-ring (bicyclic) bond motifs is 24. The van der Waals surface area contributed by atoms with Crippen molar-refractivity contribution < 1.29 is 5.11 Å². The van der Waals surface area contributed by atoms with E-state index in [2.05, 4.69) is 69.2 Å². The van der Waals surface area contributed by atoms with E-state index in [4.69, 9.17) is 0 Å². The Labute approximate surface area is 402 Å². The predicted molar refractivity (Wildman–Crippen MR) is 261 cm³/mol. The first-order chi connectivity index (χ1) is 31.9. The Bertz CT molecular complexity index is 2250. The van der Waals surface area contributed by atoms with Gasteiger partial charge >= 0.3 is 0 Å². The van der Waals surface area contributed by atoms with Gasteiger partial charge in [0.15, 0.2) is 0 Å². The second-order valence-corrected chi connectivity index (χ2v) is 33.0. The zero-order valence-electron chi connectivity index (χ0n) is 43.5. The van der Waals surface area contributed by atoms with Gasteiger partial charge in [-0.25, -0.2) is 0 Å². The summed E-state index contributed by atoms with van der Waals surface area (Å²) in [5.41, 5.74) is 3.28. The molecule has 1 nitrogen and oxygen atoms in total. The molecule has 0 aromatic rings. The average Bonchev–Trinajstić information content (AvgIpc) is 4.12. The van der Waals surface area contributed by atoms with Crippen LogP contribution in [0.1, 0.15) is 146 Å². The van der Waals surface area contributed by atoms with Crippen molar-refractivity contribution in [2.75, 3.05) is 6.61 Å². The van der Waals surface area contributed by atoms with Gasteiger partial charge in [0.05, 0.1) is 0 Å². The molecule has 42 unspecified atom stereocenters. The van der Waals surface area contributed by atoms with Crippen LogP contribution in [0.2, 0.25) is 0 Å². The van der Waals surface area contributed by atoms with Crippen molar-refractivity contribution in [3.8, 4) is 0 Å². The minimum atomic E-state index is 0.205. The van der Waals surface area contributed by atoms with Gasteiger partial charge in [-0.15, -0.1) is 0 Å². The Morgan fingerprint density at radius 1 is 0.470 bits per heavy atom. The second-order valence-electron chi connectivity index (χ2n) is 33.0. The minimum Gasteiger partial charge on any atom is -0.396 e. The molecule has 0 aromatic heterocycles. The van der Waals surface area contributed by atoms with Crippen molar-refractivity contribution in [2.45, 2.75) is 146 Å². The normalized spacial score (nSPS) is 78.9. The Kier molecular flexibility index (Phi) is 6.71. The van der Waals surface area contributed by atoms with Crippen LogP contribution >= 0.6 is 0 Å². The maximum Gasteiger partial charge on any atom is 0.0487 e. The summed E-state index contributed by atoms with van der Waals surface area (Å²) in [5.74, 6) is 41.0. The molecule has 42 atom stereocenters. The summed E-state index contributed by atoms with van der Waals surface area (Å²) >= 11 is 0.